The fourth-order valence-electron chi connectivity index (χ4n) is 3.36. The number of carbonyl (C=O) groups excluding carboxylic acids is 1. The zero-order valence-electron chi connectivity index (χ0n) is 13.8. The van der Waals surface area contributed by atoms with Gasteiger partial charge in [0, 0.05) is 44.8 Å². The summed E-state index contributed by atoms with van der Waals surface area (Å²) >= 11 is 0. The zero-order valence-corrected chi connectivity index (χ0v) is 13.8. The third-order valence-electron chi connectivity index (χ3n) is 4.89. The molecule has 1 N–H and O–H groups in total. The number of likely N-dealkylation sites (N-methyl/N-ethyl adjacent to an activating group) is 1. The number of carbonyl (C=O) groups is 1. The number of aliphatic hydroxyl groups excluding tert-OH is 1. The van der Waals surface area contributed by atoms with Gasteiger partial charge in [-0.05, 0) is 31.3 Å². The summed E-state index contributed by atoms with van der Waals surface area (Å²) in [7, 11) is 3.72. The average Bonchev–Trinajstić information content (AvgIpc) is 2.97. The molecule has 1 amide bonds. The molecular formula is C17H25N3O3. The van der Waals surface area contributed by atoms with Gasteiger partial charge in [-0.1, -0.05) is 0 Å². The van der Waals surface area contributed by atoms with Gasteiger partial charge in [0.2, 0.25) is 0 Å². The highest BCUT2D eigenvalue weighted by atomic mass is 16.5. The van der Waals surface area contributed by atoms with E-state index in [2.05, 4.69) is 16.8 Å². The summed E-state index contributed by atoms with van der Waals surface area (Å²) in [5, 5.41) is 10.4. The van der Waals surface area contributed by atoms with Crippen molar-refractivity contribution in [3.8, 4) is 5.75 Å². The minimum absolute atomic E-state index is 0.0247. The topological polar surface area (TPSA) is 56.2 Å². The minimum Gasteiger partial charge on any atom is -0.497 e. The van der Waals surface area contributed by atoms with Crippen LogP contribution in [-0.2, 0) is 0 Å². The number of piperazine rings is 1. The van der Waals surface area contributed by atoms with Gasteiger partial charge in [-0.2, -0.15) is 0 Å². The summed E-state index contributed by atoms with van der Waals surface area (Å²) in [5.41, 5.74) is 0.636. The van der Waals surface area contributed by atoms with Crippen LogP contribution in [-0.4, -0.2) is 91.3 Å². The quantitative estimate of drug-likeness (QED) is 0.858. The van der Waals surface area contributed by atoms with E-state index >= 15 is 0 Å². The molecule has 2 aliphatic heterocycles. The first-order valence-corrected chi connectivity index (χ1v) is 8.12. The number of methoxy groups -OCH3 is 1. The molecule has 2 atom stereocenters. The maximum atomic E-state index is 12.6. The van der Waals surface area contributed by atoms with E-state index in [-0.39, 0.29) is 11.9 Å². The van der Waals surface area contributed by atoms with Gasteiger partial charge in [-0.15, -0.1) is 0 Å². The Bertz CT molecular complexity index is 541. The number of amides is 1. The molecular weight excluding hydrogens is 294 g/mol. The van der Waals surface area contributed by atoms with Gasteiger partial charge >= 0.3 is 0 Å². The highest BCUT2D eigenvalue weighted by Crippen LogP contribution is 2.21. The molecule has 2 saturated heterocycles. The molecule has 2 fully saturated rings. The number of aliphatic hydroxyl groups is 1. The molecule has 0 unspecified atom stereocenters. The van der Waals surface area contributed by atoms with E-state index < -0.39 is 6.10 Å². The zero-order chi connectivity index (χ0) is 16.4. The van der Waals surface area contributed by atoms with E-state index in [0.29, 0.717) is 18.7 Å². The molecule has 0 aromatic heterocycles. The highest BCUT2D eigenvalue weighted by molar-refractivity contribution is 5.94. The summed E-state index contributed by atoms with van der Waals surface area (Å²) in [6.07, 6.45) is -0.472. The van der Waals surface area contributed by atoms with Crippen molar-refractivity contribution < 1.29 is 14.6 Å². The van der Waals surface area contributed by atoms with Crippen LogP contribution in [0.4, 0.5) is 0 Å². The molecule has 6 nitrogen and oxygen atoms in total. The first-order valence-electron chi connectivity index (χ1n) is 8.12. The predicted octanol–water partition coefficient (Wildman–Crippen LogP) is 0.128. The van der Waals surface area contributed by atoms with Gasteiger partial charge in [0.25, 0.3) is 5.91 Å². The van der Waals surface area contributed by atoms with Crippen LogP contribution >= 0.6 is 0 Å². The Hall–Kier alpha value is -1.63. The Morgan fingerprint density at radius 3 is 2.39 bits per heavy atom. The molecule has 6 heteroatoms. The number of benzene rings is 1. The minimum atomic E-state index is -0.472. The molecule has 2 heterocycles. The number of hydrogen-bond donors (Lipinski definition) is 1. The van der Waals surface area contributed by atoms with Gasteiger partial charge in [-0.25, -0.2) is 0 Å². The van der Waals surface area contributed by atoms with Gasteiger partial charge in [0.15, 0.2) is 0 Å². The fourth-order valence-corrected chi connectivity index (χ4v) is 3.36. The lowest BCUT2D eigenvalue weighted by molar-refractivity contribution is 0.0512. The Morgan fingerprint density at radius 2 is 1.78 bits per heavy atom. The molecule has 23 heavy (non-hydrogen) atoms. The van der Waals surface area contributed by atoms with E-state index in [4.69, 9.17) is 4.74 Å². The lowest BCUT2D eigenvalue weighted by Crippen LogP contribution is -2.52. The number of ether oxygens (including phenoxy) is 1. The summed E-state index contributed by atoms with van der Waals surface area (Å²) in [4.78, 5) is 19.0. The van der Waals surface area contributed by atoms with Crippen LogP contribution in [0, 0.1) is 0 Å². The summed E-state index contributed by atoms with van der Waals surface area (Å²) in [5.74, 6) is 0.710. The van der Waals surface area contributed by atoms with Gasteiger partial charge in [-0.3, -0.25) is 9.69 Å². The van der Waals surface area contributed by atoms with E-state index in [9.17, 15) is 9.90 Å². The molecule has 3 rings (SSSR count). The number of rotatable bonds is 3. The number of hydrogen-bond acceptors (Lipinski definition) is 5. The van der Waals surface area contributed by atoms with Crippen molar-refractivity contribution in [2.45, 2.75) is 12.1 Å². The van der Waals surface area contributed by atoms with Crippen molar-refractivity contribution in [1.82, 2.24) is 14.7 Å². The molecule has 0 radical (unpaired) electrons. The molecule has 0 saturated carbocycles. The molecule has 2 aliphatic rings. The Morgan fingerprint density at radius 1 is 1.13 bits per heavy atom. The average molecular weight is 319 g/mol. The van der Waals surface area contributed by atoms with Gasteiger partial charge in [0.1, 0.15) is 5.75 Å². The van der Waals surface area contributed by atoms with E-state index in [1.807, 2.05) is 0 Å². The molecule has 126 valence electrons. The number of β-amino-alcohol motifs (C(OH)–C–C–N with tert-alkyl or cyclic N) is 1. The lowest BCUT2D eigenvalue weighted by atomic mass is 10.1. The molecule has 0 spiro atoms. The molecule has 0 aliphatic carbocycles. The Kier molecular flexibility index (Phi) is 4.84. The van der Waals surface area contributed by atoms with E-state index in [1.165, 1.54) is 0 Å². The first kappa shape index (κ1) is 16.2. The SMILES string of the molecule is COc1ccc(C(=O)N2C[C@@H](O)[C@H](N3CCN(C)CC3)C2)cc1. The Balaban J connectivity index is 1.64. The second-order valence-electron chi connectivity index (χ2n) is 6.41. The summed E-state index contributed by atoms with van der Waals surface area (Å²) < 4.78 is 5.12. The standard InChI is InChI=1S/C17H25N3O3/c1-18-7-9-19(10-8-18)15-11-20(12-16(15)21)17(22)13-3-5-14(23-2)6-4-13/h3-6,15-16,21H,7-12H2,1-2H3/t15-,16-/m1/s1. The second kappa shape index (κ2) is 6.86. The smallest absolute Gasteiger partial charge is 0.254 e. The van der Waals surface area contributed by atoms with Crippen LogP contribution < -0.4 is 4.74 Å². The third kappa shape index (κ3) is 3.49. The van der Waals surface area contributed by atoms with Gasteiger partial charge in [0.05, 0.1) is 19.3 Å². The normalized spacial score (nSPS) is 26.5. The first-order chi connectivity index (χ1) is 11.1. The van der Waals surface area contributed by atoms with Crippen LogP contribution in [0.15, 0.2) is 24.3 Å². The van der Waals surface area contributed by atoms with Crippen LogP contribution in [0.2, 0.25) is 0 Å². The monoisotopic (exact) mass is 319 g/mol. The fraction of sp³-hybridized carbons (Fsp3) is 0.588. The van der Waals surface area contributed by atoms with Crippen molar-refractivity contribution >= 4 is 5.91 Å². The maximum Gasteiger partial charge on any atom is 0.254 e. The molecule has 1 aromatic carbocycles. The highest BCUT2D eigenvalue weighted by Gasteiger charge is 2.38. The van der Waals surface area contributed by atoms with E-state index in [1.54, 1.807) is 36.3 Å². The van der Waals surface area contributed by atoms with E-state index in [0.717, 1.165) is 31.9 Å². The summed E-state index contributed by atoms with van der Waals surface area (Å²) in [6, 6.07) is 7.17. The predicted molar refractivity (Wildman–Crippen MR) is 87.8 cm³/mol. The van der Waals surface area contributed by atoms with Crippen LogP contribution in [0.5, 0.6) is 5.75 Å². The van der Waals surface area contributed by atoms with Crippen molar-refractivity contribution in [3.63, 3.8) is 0 Å². The largest absolute Gasteiger partial charge is 0.497 e. The lowest BCUT2D eigenvalue weighted by Gasteiger charge is -2.37. The van der Waals surface area contributed by atoms with Crippen LogP contribution in [0.1, 0.15) is 10.4 Å². The van der Waals surface area contributed by atoms with Crippen molar-refractivity contribution in [2.75, 3.05) is 53.4 Å². The van der Waals surface area contributed by atoms with Crippen molar-refractivity contribution in [1.29, 1.82) is 0 Å². The molecule has 0 bridgehead atoms. The van der Waals surface area contributed by atoms with Crippen molar-refractivity contribution in [3.05, 3.63) is 29.8 Å². The third-order valence-corrected chi connectivity index (χ3v) is 4.89. The van der Waals surface area contributed by atoms with Crippen molar-refractivity contribution in [2.24, 2.45) is 0 Å². The summed E-state index contributed by atoms with van der Waals surface area (Å²) in [6.45, 7) is 4.91. The van der Waals surface area contributed by atoms with Crippen LogP contribution in [0.3, 0.4) is 0 Å². The maximum absolute atomic E-state index is 12.6. The van der Waals surface area contributed by atoms with Crippen LogP contribution in [0.25, 0.3) is 0 Å². The van der Waals surface area contributed by atoms with Gasteiger partial charge < -0.3 is 19.6 Å². The molecule has 1 aromatic rings. The number of nitrogens with zero attached hydrogens (tertiary/aromatic N) is 3. The Labute approximate surface area is 137 Å². The number of likely N-dealkylation sites (tertiary alicyclic amines) is 1. The second-order valence-corrected chi connectivity index (χ2v) is 6.41.